The molecular weight excluding hydrogens is 154 g/mol. The van der Waals surface area contributed by atoms with Crippen LogP contribution in [-0.4, -0.2) is 28.3 Å². The molecule has 5 heteroatoms. The van der Waals surface area contributed by atoms with E-state index >= 15 is 0 Å². The molecule has 1 rings (SSSR count). The van der Waals surface area contributed by atoms with Gasteiger partial charge >= 0.3 is 0 Å². The summed E-state index contributed by atoms with van der Waals surface area (Å²) in [5.74, 6) is 0.693. The van der Waals surface area contributed by atoms with Crippen molar-refractivity contribution in [1.82, 2.24) is 15.2 Å². The van der Waals surface area contributed by atoms with Gasteiger partial charge in [0.25, 0.3) is 0 Å². The third-order valence-electron chi connectivity index (χ3n) is 1.42. The molecule has 0 aliphatic carbocycles. The van der Waals surface area contributed by atoms with Crippen molar-refractivity contribution in [1.29, 1.82) is 0 Å². The van der Waals surface area contributed by atoms with E-state index in [2.05, 4.69) is 15.2 Å². The highest BCUT2D eigenvalue weighted by atomic mass is 15.2. The smallest absolute Gasteiger partial charge is 0.152 e. The van der Waals surface area contributed by atoms with Crippen LogP contribution in [0.3, 0.4) is 0 Å². The fraction of sp³-hybridized carbons (Fsp3) is 0.571. The molecule has 0 spiro atoms. The average molecular weight is 167 g/mol. The zero-order valence-electron chi connectivity index (χ0n) is 6.90. The summed E-state index contributed by atoms with van der Waals surface area (Å²) in [7, 11) is 0. The number of aromatic nitrogens is 3. The summed E-state index contributed by atoms with van der Waals surface area (Å²) in [6.45, 7) is 1.13. The number of hydrogen-bond donors (Lipinski definition) is 2. The topological polar surface area (TPSA) is 90.7 Å². The van der Waals surface area contributed by atoms with E-state index in [1.165, 1.54) is 0 Å². The van der Waals surface area contributed by atoms with Crippen LogP contribution in [-0.2, 0) is 12.8 Å². The second-order valence-corrected chi connectivity index (χ2v) is 2.44. The Kier molecular flexibility index (Phi) is 3.56. The Bertz CT molecular complexity index is 195. The van der Waals surface area contributed by atoms with E-state index in [9.17, 15) is 0 Å². The van der Waals surface area contributed by atoms with Crippen molar-refractivity contribution < 1.29 is 0 Å². The van der Waals surface area contributed by atoms with Crippen molar-refractivity contribution >= 4 is 0 Å². The molecule has 0 saturated heterocycles. The monoisotopic (exact) mass is 167 g/mol. The van der Waals surface area contributed by atoms with E-state index in [-0.39, 0.29) is 0 Å². The van der Waals surface area contributed by atoms with Gasteiger partial charge in [-0.25, -0.2) is 4.98 Å². The van der Waals surface area contributed by atoms with E-state index < -0.39 is 0 Å². The lowest BCUT2D eigenvalue weighted by molar-refractivity contribution is 0.766. The predicted octanol–water partition coefficient (Wildman–Crippen LogP) is -1.13. The van der Waals surface area contributed by atoms with Gasteiger partial charge in [-0.15, -0.1) is 5.10 Å². The quantitative estimate of drug-likeness (QED) is 0.592. The molecule has 0 aliphatic heterocycles. The van der Waals surface area contributed by atoms with Crippen molar-refractivity contribution in [2.24, 2.45) is 11.5 Å². The Labute approximate surface area is 71.2 Å². The van der Waals surface area contributed by atoms with E-state index in [1.54, 1.807) is 6.20 Å². The van der Waals surface area contributed by atoms with Crippen molar-refractivity contribution in [2.45, 2.75) is 12.8 Å². The first kappa shape index (κ1) is 9.02. The van der Waals surface area contributed by atoms with Crippen molar-refractivity contribution in [3.8, 4) is 0 Å². The van der Waals surface area contributed by atoms with Crippen LogP contribution in [0.15, 0.2) is 6.20 Å². The summed E-state index contributed by atoms with van der Waals surface area (Å²) in [5.41, 5.74) is 11.5. The third kappa shape index (κ3) is 2.52. The Morgan fingerprint density at radius 2 is 1.83 bits per heavy atom. The zero-order valence-corrected chi connectivity index (χ0v) is 6.90. The molecule has 1 aromatic rings. The first-order valence-electron chi connectivity index (χ1n) is 3.94. The van der Waals surface area contributed by atoms with E-state index in [1.807, 2.05) is 0 Å². The highest BCUT2D eigenvalue weighted by Gasteiger charge is 1.96. The van der Waals surface area contributed by atoms with Crippen LogP contribution in [0.2, 0.25) is 0 Å². The molecule has 4 N–H and O–H groups in total. The van der Waals surface area contributed by atoms with Gasteiger partial charge in [0.05, 0.1) is 11.9 Å². The number of hydrogen-bond acceptors (Lipinski definition) is 5. The minimum atomic E-state index is 0.553. The summed E-state index contributed by atoms with van der Waals surface area (Å²) in [5, 5.41) is 7.83. The second-order valence-electron chi connectivity index (χ2n) is 2.44. The van der Waals surface area contributed by atoms with Gasteiger partial charge < -0.3 is 11.5 Å². The lowest BCUT2D eigenvalue weighted by atomic mass is 10.3. The van der Waals surface area contributed by atoms with Crippen LogP contribution in [0, 0.1) is 0 Å². The highest BCUT2D eigenvalue weighted by Crippen LogP contribution is 1.91. The molecule has 66 valence electrons. The van der Waals surface area contributed by atoms with Crippen LogP contribution < -0.4 is 11.5 Å². The summed E-state index contributed by atoms with van der Waals surface area (Å²) in [4.78, 5) is 4.08. The molecule has 0 amide bonds. The Balaban J connectivity index is 2.58. The van der Waals surface area contributed by atoms with Crippen LogP contribution in [0.25, 0.3) is 0 Å². The highest BCUT2D eigenvalue weighted by molar-refractivity contribution is 4.95. The minimum Gasteiger partial charge on any atom is -0.330 e. The summed E-state index contributed by atoms with van der Waals surface area (Å²) in [6, 6.07) is 0. The lowest BCUT2D eigenvalue weighted by Crippen LogP contribution is -2.10. The fourth-order valence-electron chi connectivity index (χ4n) is 0.829. The van der Waals surface area contributed by atoms with Gasteiger partial charge in [0.15, 0.2) is 5.82 Å². The van der Waals surface area contributed by atoms with Crippen LogP contribution >= 0.6 is 0 Å². The van der Waals surface area contributed by atoms with Gasteiger partial charge in [0, 0.05) is 12.8 Å². The third-order valence-corrected chi connectivity index (χ3v) is 1.42. The minimum absolute atomic E-state index is 0.553. The molecule has 12 heavy (non-hydrogen) atoms. The maximum absolute atomic E-state index is 5.34. The molecule has 0 fully saturated rings. The van der Waals surface area contributed by atoms with Gasteiger partial charge in [0.2, 0.25) is 0 Å². The van der Waals surface area contributed by atoms with E-state index in [0.717, 1.165) is 12.1 Å². The molecule has 1 aromatic heterocycles. The normalized spacial score (nSPS) is 10.2. The van der Waals surface area contributed by atoms with Crippen LogP contribution in [0.5, 0.6) is 0 Å². The molecule has 5 nitrogen and oxygen atoms in total. The Hall–Kier alpha value is -1.07. The molecule has 0 bridgehead atoms. The number of nitrogens with two attached hydrogens (primary N) is 2. The standard InChI is InChI=1S/C7H13N5/c8-3-1-6-5-10-7(2-4-9)12-11-6/h5H,1-4,8-9H2. The molecule has 0 aliphatic rings. The number of nitrogens with zero attached hydrogens (tertiary/aromatic N) is 3. The number of rotatable bonds is 4. The van der Waals surface area contributed by atoms with Crippen molar-refractivity contribution in [2.75, 3.05) is 13.1 Å². The zero-order chi connectivity index (χ0) is 8.81. The summed E-state index contributed by atoms with van der Waals surface area (Å²) < 4.78 is 0. The maximum atomic E-state index is 5.34. The molecular formula is C7H13N5. The average Bonchev–Trinajstić information content (AvgIpc) is 2.09. The summed E-state index contributed by atoms with van der Waals surface area (Å²) >= 11 is 0. The van der Waals surface area contributed by atoms with Gasteiger partial charge in [-0.1, -0.05) is 0 Å². The summed E-state index contributed by atoms with van der Waals surface area (Å²) in [6.07, 6.45) is 3.10. The van der Waals surface area contributed by atoms with Crippen molar-refractivity contribution in [3.63, 3.8) is 0 Å². The maximum Gasteiger partial charge on any atom is 0.152 e. The second kappa shape index (κ2) is 4.74. The molecule has 0 radical (unpaired) electrons. The van der Waals surface area contributed by atoms with Crippen molar-refractivity contribution in [3.05, 3.63) is 17.7 Å². The largest absolute Gasteiger partial charge is 0.330 e. The lowest BCUT2D eigenvalue weighted by Gasteiger charge is -1.97. The fourth-order valence-corrected chi connectivity index (χ4v) is 0.829. The van der Waals surface area contributed by atoms with E-state index in [0.29, 0.717) is 25.3 Å². The molecule has 0 unspecified atom stereocenters. The molecule has 0 saturated carbocycles. The van der Waals surface area contributed by atoms with Crippen LogP contribution in [0.1, 0.15) is 11.5 Å². The predicted molar refractivity (Wildman–Crippen MR) is 45.3 cm³/mol. The Morgan fingerprint density at radius 1 is 1.08 bits per heavy atom. The molecule has 0 atom stereocenters. The SMILES string of the molecule is NCCc1cnc(CCN)nn1. The van der Waals surface area contributed by atoms with Gasteiger partial charge in [-0.2, -0.15) is 5.10 Å². The molecule has 0 aromatic carbocycles. The van der Waals surface area contributed by atoms with Gasteiger partial charge in [-0.05, 0) is 13.1 Å². The van der Waals surface area contributed by atoms with E-state index in [4.69, 9.17) is 11.5 Å². The van der Waals surface area contributed by atoms with Gasteiger partial charge in [-0.3, -0.25) is 0 Å². The molecule has 1 heterocycles. The van der Waals surface area contributed by atoms with Gasteiger partial charge in [0.1, 0.15) is 0 Å². The Morgan fingerprint density at radius 3 is 2.33 bits per heavy atom. The van der Waals surface area contributed by atoms with Crippen LogP contribution in [0.4, 0.5) is 0 Å². The first-order valence-corrected chi connectivity index (χ1v) is 3.94. The first-order chi connectivity index (χ1) is 5.86.